The van der Waals surface area contributed by atoms with Crippen LogP contribution in [0.2, 0.25) is 0 Å². The van der Waals surface area contributed by atoms with Crippen molar-refractivity contribution in [2.45, 2.75) is 159 Å². The molecule has 10 rings (SSSR count). The Bertz CT molecular complexity index is 2470. The molecule has 4 aliphatic carbocycles. The van der Waals surface area contributed by atoms with Gasteiger partial charge in [0.05, 0.1) is 35.1 Å². The van der Waals surface area contributed by atoms with E-state index in [1.807, 2.05) is 76.8 Å². The zero-order chi connectivity index (χ0) is 50.4. The molecule has 4 heterocycles. The molecule has 3 aromatic rings. The number of fused-ring (bicyclic) bond motifs is 4. The fourth-order valence-electron chi connectivity index (χ4n) is 12.1. The predicted molar refractivity (Wildman–Crippen MR) is 264 cm³/mol. The smallest absolute Gasteiger partial charge is 0.410 e. The Morgan fingerprint density at radius 2 is 1.49 bits per heavy atom. The maximum atomic E-state index is 15.3. The molecule has 1 aromatic heterocycles. The summed E-state index contributed by atoms with van der Waals surface area (Å²) in [5, 5.41) is 9.74. The maximum Gasteiger partial charge on any atom is 0.410 e. The van der Waals surface area contributed by atoms with E-state index in [-0.39, 0.29) is 52.6 Å². The van der Waals surface area contributed by atoms with Crippen molar-refractivity contribution in [1.29, 1.82) is 0 Å². The van der Waals surface area contributed by atoms with Crippen molar-refractivity contribution in [2.75, 3.05) is 51.3 Å². The maximum absolute atomic E-state index is 15.3. The van der Waals surface area contributed by atoms with Gasteiger partial charge < -0.3 is 55.0 Å². The summed E-state index contributed by atoms with van der Waals surface area (Å²) in [7, 11) is 1.47. The van der Waals surface area contributed by atoms with E-state index in [2.05, 4.69) is 16.0 Å². The fourth-order valence-corrected chi connectivity index (χ4v) is 12.1. The van der Waals surface area contributed by atoms with Crippen LogP contribution in [0.5, 0.6) is 5.75 Å². The van der Waals surface area contributed by atoms with E-state index in [1.54, 1.807) is 22.6 Å². The molecule has 0 radical (unpaired) electrons. The van der Waals surface area contributed by atoms with E-state index in [0.29, 0.717) is 67.0 Å². The molecule has 6 unspecified atom stereocenters. The zero-order valence-corrected chi connectivity index (χ0v) is 42.4. The molecule has 8 atom stereocenters. The number of alkyl halides is 1. The molecule has 0 bridgehead atoms. The lowest BCUT2D eigenvalue weighted by atomic mass is 9.91. The number of nitrogens with one attached hydrogen (secondary N) is 3. The number of methoxy groups -OCH3 is 1. The topological polar surface area (TPSA) is 179 Å². The summed E-state index contributed by atoms with van der Waals surface area (Å²) < 4.78 is 52.8. The number of hydrogen-bond donors (Lipinski definition) is 4. The van der Waals surface area contributed by atoms with E-state index in [0.717, 1.165) is 63.6 Å². The van der Waals surface area contributed by atoms with Crippen LogP contribution >= 0.6 is 0 Å². The summed E-state index contributed by atoms with van der Waals surface area (Å²) in [6.45, 7) is 17.4. The van der Waals surface area contributed by atoms with E-state index >= 15 is 4.39 Å². The molecule has 5 N–H and O–H groups in total. The number of nitrogens with two attached hydrogens (primary N) is 1. The average molecular weight is 976 g/mol. The molecule has 7 fully saturated rings. The third-order valence-electron chi connectivity index (χ3n) is 15.5. The van der Waals surface area contributed by atoms with Gasteiger partial charge in [-0.3, -0.25) is 4.79 Å². The quantitative estimate of drug-likeness (QED) is 0.167. The van der Waals surface area contributed by atoms with Crippen LogP contribution in [0.1, 0.15) is 123 Å². The number of hydrogen-bond acceptors (Lipinski definition) is 11. The monoisotopic (exact) mass is 976 g/mol. The molecule has 4 saturated carbocycles. The van der Waals surface area contributed by atoms with Crippen molar-refractivity contribution in [1.82, 2.24) is 25.4 Å². The summed E-state index contributed by atoms with van der Waals surface area (Å²) >= 11 is 0. The van der Waals surface area contributed by atoms with Crippen molar-refractivity contribution >= 4 is 34.9 Å². The Morgan fingerprint density at radius 3 is 2.11 bits per heavy atom. The molecule has 3 saturated heterocycles. The van der Waals surface area contributed by atoms with Gasteiger partial charge >= 0.3 is 18.3 Å². The summed E-state index contributed by atoms with van der Waals surface area (Å²) in [6, 6.07) is 10.6. The van der Waals surface area contributed by atoms with Crippen LogP contribution in [0.3, 0.4) is 0 Å². The highest BCUT2D eigenvalue weighted by molar-refractivity contribution is 5.92. The van der Waals surface area contributed by atoms with Gasteiger partial charge in [0.2, 0.25) is 0 Å². The summed E-state index contributed by atoms with van der Waals surface area (Å²) in [5.41, 5.74) is 6.88. The first-order chi connectivity index (χ1) is 33.0. The van der Waals surface area contributed by atoms with Crippen molar-refractivity contribution in [2.24, 2.45) is 23.5 Å². The number of alkyl carbamates (subject to hydrolysis) is 2. The Balaban J connectivity index is 0.000000147. The van der Waals surface area contributed by atoms with Crippen LogP contribution in [-0.2, 0) is 20.8 Å². The number of amides is 3. The third-order valence-corrected chi connectivity index (χ3v) is 15.5. The first-order valence-corrected chi connectivity index (χ1v) is 25.3. The number of benzene rings is 2. The van der Waals surface area contributed by atoms with Crippen molar-refractivity contribution < 1.29 is 42.1 Å². The van der Waals surface area contributed by atoms with E-state index in [1.165, 1.54) is 26.0 Å². The van der Waals surface area contributed by atoms with Crippen LogP contribution in [-0.4, -0.2) is 108 Å². The third kappa shape index (κ3) is 11.0. The van der Waals surface area contributed by atoms with Crippen LogP contribution in [0, 0.1) is 30.5 Å². The molecule has 384 valence electrons. The molecule has 2 aromatic carbocycles. The first-order valence-electron chi connectivity index (χ1n) is 25.3. The minimum atomic E-state index is -0.957. The Hall–Kier alpha value is -5.16. The van der Waals surface area contributed by atoms with Gasteiger partial charge in [0.25, 0.3) is 0 Å². The van der Waals surface area contributed by atoms with Gasteiger partial charge in [-0.25, -0.2) is 23.2 Å². The highest BCUT2D eigenvalue weighted by atomic mass is 19.1. The highest BCUT2D eigenvalue weighted by Crippen LogP contribution is 2.49. The minimum absolute atomic E-state index is 0.0394. The van der Waals surface area contributed by atoms with Gasteiger partial charge in [0.15, 0.2) is 17.0 Å². The molecule has 70 heavy (non-hydrogen) atoms. The van der Waals surface area contributed by atoms with Crippen LogP contribution in [0.25, 0.3) is 10.9 Å². The molecule has 7 aliphatic rings. The zero-order valence-electron chi connectivity index (χ0n) is 42.4. The van der Waals surface area contributed by atoms with Crippen molar-refractivity contribution in [3.63, 3.8) is 0 Å². The summed E-state index contributed by atoms with van der Waals surface area (Å²) in [5.74, 6) is 0.968. The fraction of sp³-hybridized carbons (Fsp3) is 0.660. The number of carbonyl (C=O) groups excluding carboxylic acids is 3. The first kappa shape index (κ1) is 51.2. The number of carbonyl (C=O) groups is 3. The normalized spacial score (nSPS) is 29.5. The number of halogens is 2. The predicted octanol–water partition coefficient (Wildman–Crippen LogP) is 8.41. The number of anilines is 1. The molecular weight excluding hydrogens is 901 g/mol. The van der Waals surface area contributed by atoms with Gasteiger partial charge in [-0.15, -0.1) is 0 Å². The van der Waals surface area contributed by atoms with Gasteiger partial charge in [-0.05, 0) is 110 Å². The minimum Gasteiger partial charge on any atom is -0.492 e. The van der Waals surface area contributed by atoms with E-state index in [9.17, 15) is 23.6 Å². The Morgan fingerprint density at radius 1 is 0.871 bits per heavy atom. The van der Waals surface area contributed by atoms with Gasteiger partial charge in [0, 0.05) is 68.9 Å². The van der Waals surface area contributed by atoms with E-state index < -0.39 is 34.8 Å². The highest BCUT2D eigenvalue weighted by Gasteiger charge is 2.53. The largest absolute Gasteiger partial charge is 0.492 e. The van der Waals surface area contributed by atoms with Gasteiger partial charge in [-0.2, -0.15) is 0 Å². The number of aromatic nitrogens is 1. The second-order valence-electron chi connectivity index (χ2n) is 23.0. The number of aryl methyl sites for hydroxylation is 1. The van der Waals surface area contributed by atoms with Gasteiger partial charge in [0.1, 0.15) is 29.7 Å². The average Bonchev–Trinajstić information content (AvgIpc) is 3.86. The van der Waals surface area contributed by atoms with Crippen LogP contribution in [0.15, 0.2) is 47.4 Å². The number of nitrogens with zero attached hydrogens (tertiary/aromatic N) is 3. The number of likely N-dealkylation sites (tertiary alicyclic amines) is 1. The van der Waals surface area contributed by atoms with Crippen molar-refractivity contribution in [3.8, 4) is 5.75 Å². The molecule has 3 aliphatic heterocycles. The SMILES string of the molecule is CC(C)(C)OC(=O)NC12CCCC1CN(C(=O)OCc1ccccc1)C2.CC(C)(C)OC(=O)NC12CCCC1CNC2.COc1c(N2CC3CCCC3(N)C2)c(F)cc2c(=O)c(C)cn([C@@H]3C[C@@H]3F)c12. The molecule has 15 nitrogen and oxygen atoms in total. The number of ether oxygens (including phenoxy) is 4. The molecule has 3 amide bonds. The molecule has 0 spiro atoms. The Labute approximate surface area is 410 Å². The molecule has 17 heteroatoms. The van der Waals surface area contributed by atoms with Crippen molar-refractivity contribution in [3.05, 3.63) is 69.8 Å². The standard InChI is InChI=1S/C21H25F2N3O2.C20H28N2O4.C12H22N2O2/c1-11-8-26(16-7-14(16)22)17-13(19(11)27)6-15(23)18(20(17)28-2)25-9-12-4-3-5-21(12,24)10-25;1-19(2,3)26-17(23)21-20-11-7-10-16(20)12-22(14-20)18(24)25-13-15-8-5-4-6-9-15;1-11(2,3)16-10(15)14-12-6-4-5-9(12)7-13-8-12/h6,8,12,14,16H,3-5,7,9-10,24H2,1-2H3;4-6,8-9,16H,7,10-14H2,1-3H3,(H,21,23);9,13H,4-8H2,1-3H3,(H,14,15)/t12?,14-,16+,21?;;/m0../s1. The van der Waals surface area contributed by atoms with Crippen LogP contribution < -0.4 is 36.7 Å². The van der Waals surface area contributed by atoms with Crippen LogP contribution in [0.4, 0.5) is 28.9 Å². The summed E-state index contributed by atoms with van der Waals surface area (Å²) in [4.78, 5) is 52.9. The lowest BCUT2D eigenvalue weighted by Crippen LogP contribution is -2.53. The number of rotatable bonds is 7. The second kappa shape index (κ2) is 19.8. The van der Waals surface area contributed by atoms with Gasteiger partial charge in [-0.1, -0.05) is 49.6 Å². The molecular formula is C53H75F2N7O8. The summed E-state index contributed by atoms with van der Waals surface area (Å²) in [6.07, 6.45) is 9.57. The lowest BCUT2D eigenvalue weighted by Gasteiger charge is -2.31. The van der Waals surface area contributed by atoms with E-state index in [4.69, 9.17) is 24.7 Å². The number of pyridine rings is 1. The lowest BCUT2D eigenvalue weighted by molar-refractivity contribution is 0.0433. The second-order valence-corrected chi connectivity index (χ2v) is 23.0. The Kier molecular flexibility index (Phi) is 14.5.